The minimum atomic E-state index is -0.598. The molecule has 0 amide bonds. The summed E-state index contributed by atoms with van der Waals surface area (Å²) in [5, 5.41) is 10.6. The molecule has 1 aliphatic heterocycles. The van der Waals surface area contributed by atoms with Gasteiger partial charge in [0.15, 0.2) is 0 Å². The first-order chi connectivity index (χ1) is 7.64. The number of hydrogen-bond donors (Lipinski definition) is 1. The van der Waals surface area contributed by atoms with Gasteiger partial charge in [-0.1, -0.05) is 36.8 Å². The van der Waals surface area contributed by atoms with E-state index in [0.717, 1.165) is 38.0 Å². The quantitative estimate of drug-likeness (QED) is 0.825. The summed E-state index contributed by atoms with van der Waals surface area (Å²) in [6.07, 6.45) is 1.70. The van der Waals surface area contributed by atoms with E-state index in [2.05, 4.69) is 43.0 Å². The maximum atomic E-state index is 10.6. The maximum Gasteiger partial charge on any atom is 0.0920 e. The largest absolute Gasteiger partial charge is 0.385 e. The zero-order valence-corrected chi connectivity index (χ0v) is 10.2. The van der Waals surface area contributed by atoms with Crippen molar-refractivity contribution in [3.63, 3.8) is 0 Å². The molecule has 1 heterocycles. The Kier molecular flexibility index (Phi) is 3.31. The Labute approximate surface area is 97.9 Å². The molecule has 0 unspecified atom stereocenters. The Hall–Kier alpha value is -0.860. The number of rotatable bonds is 2. The van der Waals surface area contributed by atoms with Crippen LogP contribution < -0.4 is 0 Å². The Bertz CT molecular complexity index is 336. The van der Waals surface area contributed by atoms with E-state index < -0.39 is 5.60 Å². The minimum absolute atomic E-state index is 0.598. The van der Waals surface area contributed by atoms with E-state index in [0.29, 0.717) is 0 Å². The zero-order chi connectivity index (χ0) is 11.6. The van der Waals surface area contributed by atoms with Gasteiger partial charge in [-0.25, -0.2) is 0 Å². The smallest absolute Gasteiger partial charge is 0.0920 e. The van der Waals surface area contributed by atoms with Crippen LogP contribution in [0.25, 0.3) is 0 Å². The molecule has 0 radical (unpaired) electrons. The third-order valence-electron chi connectivity index (χ3n) is 3.72. The van der Waals surface area contributed by atoms with Gasteiger partial charge in [0, 0.05) is 13.1 Å². The van der Waals surface area contributed by atoms with Crippen LogP contribution in [0.5, 0.6) is 0 Å². The van der Waals surface area contributed by atoms with Crippen LogP contribution in [0.2, 0.25) is 0 Å². The van der Waals surface area contributed by atoms with Crippen LogP contribution in [0, 0.1) is 6.92 Å². The van der Waals surface area contributed by atoms with Gasteiger partial charge in [-0.3, -0.25) is 0 Å². The lowest BCUT2D eigenvalue weighted by atomic mass is 9.84. The first kappa shape index (κ1) is 11.6. The van der Waals surface area contributed by atoms with E-state index >= 15 is 0 Å². The van der Waals surface area contributed by atoms with E-state index in [9.17, 15) is 5.11 Å². The molecule has 1 aliphatic rings. The fourth-order valence-corrected chi connectivity index (χ4v) is 2.39. The maximum absolute atomic E-state index is 10.6. The van der Waals surface area contributed by atoms with Gasteiger partial charge >= 0.3 is 0 Å². The SMILES string of the molecule is CCN1CCC(O)(c2ccc(C)cc2)CC1. The Morgan fingerprint density at radius 1 is 1.19 bits per heavy atom. The normalized spacial score (nSPS) is 20.9. The second kappa shape index (κ2) is 4.56. The van der Waals surface area contributed by atoms with Crippen molar-refractivity contribution >= 4 is 0 Å². The van der Waals surface area contributed by atoms with Gasteiger partial charge in [0.1, 0.15) is 0 Å². The number of likely N-dealkylation sites (tertiary alicyclic amines) is 1. The Balaban J connectivity index is 2.11. The molecule has 16 heavy (non-hydrogen) atoms. The van der Waals surface area contributed by atoms with Crippen LogP contribution in [0.3, 0.4) is 0 Å². The van der Waals surface area contributed by atoms with E-state index in [-0.39, 0.29) is 0 Å². The molecule has 2 heteroatoms. The lowest BCUT2D eigenvalue weighted by Gasteiger charge is -2.38. The summed E-state index contributed by atoms with van der Waals surface area (Å²) in [5.74, 6) is 0. The number of hydrogen-bond acceptors (Lipinski definition) is 2. The van der Waals surface area contributed by atoms with Gasteiger partial charge in [0.2, 0.25) is 0 Å². The van der Waals surface area contributed by atoms with Crippen LogP contribution in [0.4, 0.5) is 0 Å². The summed E-state index contributed by atoms with van der Waals surface area (Å²) in [6, 6.07) is 8.30. The van der Waals surface area contributed by atoms with Gasteiger partial charge in [0.25, 0.3) is 0 Å². The molecule has 0 spiro atoms. The Morgan fingerprint density at radius 3 is 2.25 bits per heavy atom. The highest BCUT2D eigenvalue weighted by atomic mass is 16.3. The van der Waals surface area contributed by atoms with Crippen molar-refractivity contribution < 1.29 is 5.11 Å². The predicted molar refractivity (Wildman–Crippen MR) is 66.4 cm³/mol. The van der Waals surface area contributed by atoms with Gasteiger partial charge in [-0.15, -0.1) is 0 Å². The van der Waals surface area contributed by atoms with Crippen molar-refractivity contribution in [2.24, 2.45) is 0 Å². The van der Waals surface area contributed by atoms with Crippen molar-refractivity contribution in [3.05, 3.63) is 35.4 Å². The highest BCUT2D eigenvalue weighted by Gasteiger charge is 2.33. The average molecular weight is 219 g/mol. The molecule has 2 rings (SSSR count). The number of aryl methyl sites for hydroxylation is 1. The molecular formula is C14H21NO. The topological polar surface area (TPSA) is 23.5 Å². The van der Waals surface area contributed by atoms with Crippen molar-refractivity contribution in [1.29, 1.82) is 0 Å². The average Bonchev–Trinajstić information content (AvgIpc) is 2.31. The molecule has 0 aromatic heterocycles. The van der Waals surface area contributed by atoms with Crippen LogP contribution in [0.1, 0.15) is 30.9 Å². The third kappa shape index (κ3) is 2.28. The molecule has 1 fully saturated rings. The summed E-state index contributed by atoms with van der Waals surface area (Å²) in [4.78, 5) is 2.39. The molecule has 0 atom stereocenters. The number of benzene rings is 1. The molecule has 1 N–H and O–H groups in total. The summed E-state index contributed by atoms with van der Waals surface area (Å²) >= 11 is 0. The highest BCUT2D eigenvalue weighted by molar-refractivity contribution is 5.27. The first-order valence-electron chi connectivity index (χ1n) is 6.16. The number of piperidine rings is 1. The summed E-state index contributed by atoms with van der Waals surface area (Å²) in [6.45, 7) is 7.34. The van der Waals surface area contributed by atoms with Crippen molar-refractivity contribution in [1.82, 2.24) is 4.90 Å². The van der Waals surface area contributed by atoms with E-state index in [1.807, 2.05) is 0 Å². The molecule has 1 aromatic rings. The summed E-state index contributed by atoms with van der Waals surface area (Å²) < 4.78 is 0. The number of aliphatic hydroxyl groups is 1. The van der Waals surface area contributed by atoms with Crippen LogP contribution in [0.15, 0.2) is 24.3 Å². The summed E-state index contributed by atoms with van der Waals surface area (Å²) in [5.41, 5.74) is 1.73. The minimum Gasteiger partial charge on any atom is -0.385 e. The lowest BCUT2D eigenvalue weighted by Crippen LogP contribution is -2.42. The second-order valence-corrected chi connectivity index (χ2v) is 4.83. The molecule has 0 bridgehead atoms. The molecule has 0 aliphatic carbocycles. The molecule has 2 nitrogen and oxygen atoms in total. The van der Waals surface area contributed by atoms with E-state index in [1.165, 1.54) is 5.56 Å². The van der Waals surface area contributed by atoms with Crippen molar-refractivity contribution in [3.8, 4) is 0 Å². The van der Waals surface area contributed by atoms with Crippen LogP contribution in [-0.2, 0) is 5.60 Å². The van der Waals surface area contributed by atoms with Gasteiger partial charge in [-0.2, -0.15) is 0 Å². The zero-order valence-electron chi connectivity index (χ0n) is 10.2. The third-order valence-corrected chi connectivity index (χ3v) is 3.72. The van der Waals surface area contributed by atoms with Crippen LogP contribution in [-0.4, -0.2) is 29.6 Å². The monoisotopic (exact) mass is 219 g/mol. The fourth-order valence-electron chi connectivity index (χ4n) is 2.39. The van der Waals surface area contributed by atoms with Crippen LogP contribution >= 0.6 is 0 Å². The molecular weight excluding hydrogens is 198 g/mol. The van der Waals surface area contributed by atoms with E-state index in [4.69, 9.17) is 0 Å². The first-order valence-corrected chi connectivity index (χ1v) is 6.16. The predicted octanol–water partition coefficient (Wildman–Crippen LogP) is 2.30. The lowest BCUT2D eigenvalue weighted by molar-refractivity contribution is -0.0247. The molecule has 1 aromatic carbocycles. The molecule has 0 saturated carbocycles. The van der Waals surface area contributed by atoms with E-state index in [1.54, 1.807) is 0 Å². The molecule has 88 valence electrons. The highest BCUT2D eigenvalue weighted by Crippen LogP contribution is 2.32. The second-order valence-electron chi connectivity index (χ2n) is 4.83. The van der Waals surface area contributed by atoms with Crippen molar-refractivity contribution in [2.75, 3.05) is 19.6 Å². The van der Waals surface area contributed by atoms with Gasteiger partial charge < -0.3 is 10.0 Å². The Morgan fingerprint density at radius 2 is 1.75 bits per heavy atom. The van der Waals surface area contributed by atoms with Gasteiger partial charge in [-0.05, 0) is 31.9 Å². The summed E-state index contributed by atoms with van der Waals surface area (Å²) in [7, 11) is 0. The van der Waals surface area contributed by atoms with Gasteiger partial charge in [0.05, 0.1) is 5.60 Å². The van der Waals surface area contributed by atoms with Crippen molar-refractivity contribution in [2.45, 2.75) is 32.3 Å². The fraction of sp³-hybridized carbons (Fsp3) is 0.571. The standard InChI is InChI=1S/C14H21NO/c1-3-15-10-8-14(16,9-11-15)13-6-4-12(2)5-7-13/h4-7,16H,3,8-11H2,1-2H3. The number of nitrogens with zero attached hydrogens (tertiary/aromatic N) is 1. The molecule has 1 saturated heterocycles.